The Bertz CT molecular complexity index is 435. The third-order valence-corrected chi connectivity index (χ3v) is 1.51. The number of nitrogens with zero attached hydrogens (tertiary/aromatic N) is 1. The zero-order valence-corrected chi connectivity index (χ0v) is 13.4. The summed E-state index contributed by atoms with van der Waals surface area (Å²) in [5, 5.41) is 19.0. The van der Waals surface area contributed by atoms with Crippen LogP contribution in [0.4, 0.5) is 0 Å². The SMILES string of the molecule is CC(=O)[O-].CC(=O)[O-].N.[Pt+2].c1ccc2ncccc2c1. The second-order valence-corrected chi connectivity index (χ2v) is 3.18. The molecule has 0 radical (unpaired) electrons. The fourth-order valence-corrected chi connectivity index (χ4v) is 1.02. The van der Waals surface area contributed by atoms with Crippen molar-refractivity contribution in [3.63, 3.8) is 0 Å². The summed E-state index contributed by atoms with van der Waals surface area (Å²) in [5.41, 5.74) is 1.06. The molecule has 0 fully saturated rings. The van der Waals surface area contributed by atoms with Gasteiger partial charge < -0.3 is 26.0 Å². The molecular formula is C13H16N2O4Pt. The Labute approximate surface area is 131 Å². The Kier molecular flexibility index (Phi) is 15.9. The van der Waals surface area contributed by atoms with E-state index in [2.05, 4.69) is 17.1 Å². The van der Waals surface area contributed by atoms with Gasteiger partial charge in [-0.15, -0.1) is 0 Å². The number of carboxylic acid groups (broad SMARTS) is 2. The van der Waals surface area contributed by atoms with Crippen molar-refractivity contribution in [1.82, 2.24) is 11.1 Å². The van der Waals surface area contributed by atoms with Crippen LogP contribution < -0.4 is 16.4 Å². The molecule has 0 aliphatic carbocycles. The molecule has 112 valence electrons. The van der Waals surface area contributed by atoms with Crippen LogP contribution in [-0.2, 0) is 30.7 Å². The number of carboxylic acids is 2. The molecule has 0 unspecified atom stereocenters. The zero-order chi connectivity index (χ0) is 14.0. The van der Waals surface area contributed by atoms with Crippen molar-refractivity contribution < 1.29 is 40.9 Å². The predicted molar refractivity (Wildman–Crippen MR) is 68.1 cm³/mol. The van der Waals surface area contributed by atoms with Gasteiger partial charge >= 0.3 is 21.1 Å². The van der Waals surface area contributed by atoms with Crippen LogP contribution in [0.1, 0.15) is 13.8 Å². The van der Waals surface area contributed by atoms with Crippen molar-refractivity contribution in [2.24, 2.45) is 0 Å². The first-order valence-electron chi connectivity index (χ1n) is 5.08. The quantitative estimate of drug-likeness (QED) is 0.586. The molecule has 2 rings (SSSR count). The molecule has 0 bridgehead atoms. The number of carbonyl (C=O) groups is 2. The number of fused-ring (bicyclic) bond motifs is 1. The first kappa shape index (κ1) is 23.3. The third kappa shape index (κ3) is 14.3. The Morgan fingerprint density at radius 3 is 1.80 bits per heavy atom. The summed E-state index contributed by atoms with van der Waals surface area (Å²) in [6.45, 7) is 1.94. The monoisotopic (exact) mass is 459 g/mol. The number of para-hydroxylation sites is 1. The molecule has 3 N–H and O–H groups in total. The number of carbonyl (C=O) groups excluding carboxylic acids is 2. The largest absolute Gasteiger partial charge is 2.00 e. The van der Waals surface area contributed by atoms with Crippen LogP contribution in [0, 0.1) is 0 Å². The van der Waals surface area contributed by atoms with Gasteiger partial charge in [-0.25, -0.2) is 0 Å². The maximum atomic E-state index is 8.89. The van der Waals surface area contributed by atoms with Crippen molar-refractivity contribution in [3.8, 4) is 0 Å². The Balaban J connectivity index is -0.000000251. The van der Waals surface area contributed by atoms with Gasteiger partial charge in [0.05, 0.1) is 5.52 Å². The molecule has 0 spiro atoms. The summed E-state index contributed by atoms with van der Waals surface area (Å²) < 4.78 is 0. The number of aliphatic carboxylic acids is 2. The molecule has 20 heavy (non-hydrogen) atoms. The molecule has 0 amide bonds. The van der Waals surface area contributed by atoms with Gasteiger partial charge in [0.15, 0.2) is 0 Å². The van der Waals surface area contributed by atoms with E-state index in [1.165, 1.54) is 5.39 Å². The van der Waals surface area contributed by atoms with Gasteiger partial charge in [0, 0.05) is 23.5 Å². The van der Waals surface area contributed by atoms with Gasteiger partial charge in [0.2, 0.25) is 0 Å². The predicted octanol–water partition coefficient (Wildman–Crippen LogP) is -0.0933. The summed E-state index contributed by atoms with van der Waals surface area (Å²) >= 11 is 0. The molecule has 2 aromatic rings. The molecule has 0 saturated heterocycles. The smallest absolute Gasteiger partial charge is 0.550 e. The summed E-state index contributed by atoms with van der Waals surface area (Å²) in [6, 6.07) is 12.1. The number of aromatic nitrogens is 1. The van der Waals surface area contributed by atoms with Crippen LogP contribution in [0.2, 0.25) is 0 Å². The number of benzene rings is 1. The number of hydrogen-bond donors (Lipinski definition) is 1. The maximum Gasteiger partial charge on any atom is 2.00 e. The number of rotatable bonds is 0. The molecule has 1 aromatic carbocycles. The Morgan fingerprint density at radius 1 is 0.950 bits per heavy atom. The van der Waals surface area contributed by atoms with E-state index in [0.717, 1.165) is 19.4 Å². The van der Waals surface area contributed by atoms with Gasteiger partial charge in [0.1, 0.15) is 0 Å². The summed E-state index contributed by atoms with van der Waals surface area (Å²) in [5.74, 6) is -2.17. The Hall–Kier alpha value is -1.78. The van der Waals surface area contributed by atoms with E-state index in [1.54, 1.807) is 0 Å². The molecule has 1 aromatic heterocycles. The van der Waals surface area contributed by atoms with E-state index in [-0.39, 0.29) is 27.2 Å². The molecular weight excluding hydrogens is 443 g/mol. The average molecular weight is 459 g/mol. The van der Waals surface area contributed by atoms with Crippen LogP contribution in [-0.4, -0.2) is 16.9 Å². The van der Waals surface area contributed by atoms with Crippen LogP contribution in [0.5, 0.6) is 0 Å². The van der Waals surface area contributed by atoms with Gasteiger partial charge in [0.25, 0.3) is 0 Å². The minimum absolute atomic E-state index is 0. The first-order chi connectivity index (χ1) is 8.43. The van der Waals surface area contributed by atoms with Crippen molar-refractivity contribution in [2.45, 2.75) is 13.8 Å². The van der Waals surface area contributed by atoms with E-state index in [0.29, 0.717) is 0 Å². The van der Waals surface area contributed by atoms with Crippen molar-refractivity contribution in [2.75, 3.05) is 0 Å². The van der Waals surface area contributed by atoms with Gasteiger partial charge in [-0.05, 0) is 26.0 Å². The third-order valence-electron chi connectivity index (χ3n) is 1.51. The molecule has 0 atom stereocenters. The summed E-state index contributed by atoms with van der Waals surface area (Å²) in [7, 11) is 0. The molecule has 0 saturated carbocycles. The van der Waals surface area contributed by atoms with Gasteiger partial charge in [-0.3, -0.25) is 4.98 Å². The van der Waals surface area contributed by atoms with Crippen LogP contribution in [0.25, 0.3) is 10.9 Å². The van der Waals surface area contributed by atoms with E-state index in [1.807, 2.05) is 30.5 Å². The molecule has 7 heteroatoms. The molecule has 0 aliphatic heterocycles. The van der Waals surface area contributed by atoms with E-state index >= 15 is 0 Å². The normalized spacial score (nSPS) is 7.50. The molecule has 1 heterocycles. The fourth-order valence-electron chi connectivity index (χ4n) is 1.02. The standard InChI is InChI=1S/C9H7N.2C2H4O2.H3N.Pt/c1-2-6-9-8(4-1)5-3-7-10-9;2*1-2(3)4;;/h1-7H;2*1H3,(H,3,4);1H3;/q;;;;+2/p-2. The first-order valence-corrected chi connectivity index (χ1v) is 5.08. The van der Waals surface area contributed by atoms with E-state index in [4.69, 9.17) is 19.8 Å². The molecule has 0 aliphatic rings. The maximum absolute atomic E-state index is 8.89. The molecule has 6 nitrogen and oxygen atoms in total. The second kappa shape index (κ2) is 13.6. The van der Waals surface area contributed by atoms with E-state index < -0.39 is 11.9 Å². The number of pyridine rings is 1. The zero-order valence-electron chi connectivity index (χ0n) is 11.1. The summed E-state index contributed by atoms with van der Waals surface area (Å²) in [6.07, 6.45) is 1.81. The van der Waals surface area contributed by atoms with Gasteiger partial charge in [-0.2, -0.15) is 0 Å². The fraction of sp³-hybridized carbons (Fsp3) is 0.154. The average Bonchev–Trinajstić information content (AvgIpc) is 2.28. The Morgan fingerprint density at radius 2 is 1.35 bits per heavy atom. The van der Waals surface area contributed by atoms with Crippen molar-refractivity contribution >= 4 is 22.8 Å². The summed E-state index contributed by atoms with van der Waals surface area (Å²) in [4.78, 5) is 22.0. The number of hydrogen-bond acceptors (Lipinski definition) is 6. The van der Waals surface area contributed by atoms with Crippen molar-refractivity contribution in [1.29, 1.82) is 0 Å². The topological polar surface area (TPSA) is 128 Å². The minimum Gasteiger partial charge on any atom is -0.550 e. The second-order valence-electron chi connectivity index (χ2n) is 3.18. The van der Waals surface area contributed by atoms with Crippen LogP contribution in [0.15, 0.2) is 42.6 Å². The van der Waals surface area contributed by atoms with Crippen LogP contribution >= 0.6 is 0 Å². The van der Waals surface area contributed by atoms with Crippen molar-refractivity contribution in [3.05, 3.63) is 42.6 Å². The van der Waals surface area contributed by atoms with Crippen LogP contribution in [0.3, 0.4) is 0 Å². The van der Waals surface area contributed by atoms with E-state index in [9.17, 15) is 0 Å². The minimum atomic E-state index is -1.08. The van der Waals surface area contributed by atoms with Gasteiger partial charge in [-0.1, -0.05) is 24.3 Å².